The molecule has 2 nitrogen and oxygen atoms in total. The summed E-state index contributed by atoms with van der Waals surface area (Å²) >= 11 is 0. The Morgan fingerprint density at radius 3 is 2.11 bits per heavy atom. The van der Waals surface area contributed by atoms with E-state index in [0.717, 1.165) is 64.2 Å². The van der Waals surface area contributed by atoms with Crippen LogP contribution in [-0.2, 0) is 0 Å². The van der Waals surface area contributed by atoms with Crippen LogP contribution in [0.1, 0.15) is 97.9 Å². The van der Waals surface area contributed by atoms with Gasteiger partial charge < -0.3 is 8.83 Å². The molecule has 0 radical (unpaired) electrons. The van der Waals surface area contributed by atoms with Crippen molar-refractivity contribution in [3.8, 4) is 0 Å². The van der Waals surface area contributed by atoms with Gasteiger partial charge in [0.1, 0.15) is 11.2 Å². The normalized spacial score (nSPS) is 22.5. The topological polar surface area (TPSA) is 26.3 Å². The third-order valence-corrected chi connectivity index (χ3v) is 13.6. The first-order chi connectivity index (χ1) is 28.1. The van der Waals surface area contributed by atoms with Crippen LogP contribution in [0.3, 0.4) is 0 Å². The number of hydrogen-bond acceptors (Lipinski definition) is 2. The number of furan rings is 2. The van der Waals surface area contributed by atoms with Gasteiger partial charge in [0.25, 0.3) is 0 Å². The second-order valence-corrected chi connectivity index (χ2v) is 16.9. The number of rotatable bonds is 6. The first-order valence-corrected chi connectivity index (χ1v) is 21.3. The highest BCUT2D eigenvalue weighted by molar-refractivity contribution is 6.19. The van der Waals surface area contributed by atoms with Crippen molar-refractivity contribution in [1.82, 2.24) is 0 Å². The van der Waals surface area contributed by atoms with E-state index in [0.29, 0.717) is 23.7 Å². The van der Waals surface area contributed by atoms with Crippen molar-refractivity contribution in [2.24, 2.45) is 11.8 Å². The smallest absolute Gasteiger partial charge is 0.178 e. The Morgan fingerprint density at radius 2 is 1.28 bits per heavy atom. The zero-order valence-corrected chi connectivity index (χ0v) is 32.7. The van der Waals surface area contributed by atoms with E-state index in [1.54, 1.807) is 5.57 Å². The summed E-state index contributed by atoms with van der Waals surface area (Å²) in [7, 11) is 0. The molecule has 2 heterocycles. The highest BCUT2D eigenvalue weighted by Gasteiger charge is 2.34. The van der Waals surface area contributed by atoms with E-state index in [2.05, 4.69) is 159 Å². The maximum atomic E-state index is 6.66. The van der Waals surface area contributed by atoms with Crippen molar-refractivity contribution in [1.29, 1.82) is 0 Å². The predicted octanol–water partition coefficient (Wildman–Crippen LogP) is 15.7. The summed E-state index contributed by atoms with van der Waals surface area (Å²) < 4.78 is 13.3. The predicted molar refractivity (Wildman–Crippen MR) is 239 cm³/mol. The van der Waals surface area contributed by atoms with E-state index in [-0.39, 0.29) is 0 Å². The maximum Gasteiger partial charge on any atom is 0.178 e. The Balaban J connectivity index is 0.895. The summed E-state index contributed by atoms with van der Waals surface area (Å²) in [5.74, 6) is 2.06. The first-order valence-electron chi connectivity index (χ1n) is 21.3. The minimum absolute atomic E-state index is 0.339. The molecule has 3 unspecified atom stereocenters. The molecule has 0 aliphatic heterocycles. The maximum absolute atomic E-state index is 6.66. The molecule has 0 bridgehead atoms. The summed E-state index contributed by atoms with van der Waals surface area (Å²) in [6.45, 7) is 2.50. The van der Waals surface area contributed by atoms with Gasteiger partial charge in [0.2, 0.25) is 0 Å². The monoisotopic (exact) mass is 740 g/mol. The fourth-order valence-electron chi connectivity index (χ4n) is 10.6. The Kier molecular flexibility index (Phi) is 8.61. The third-order valence-electron chi connectivity index (χ3n) is 13.6. The minimum Gasteiger partial charge on any atom is -0.452 e. The van der Waals surface area contributed by atoms with Crippen LogP contribution in [-0.4, -0.2) is 0 Å². The van der Waals surface area contributed by atoms with Gasteiger partial charge >= 0.3 is 0 Å². The van der Waals surface area contributed by atoms with Crippen LogP contribution in [0, 0.1) is 11.8 Å². The van der Waals surface area contributed by atoms with Crippen LogP contribution in [0.4, 0.5) is 0 Å². The van der Waals surface area contributed by atoms with E-state index in [1.807, 2.05) is 0 Å². The zero-order chi connectivity index (χ0) is 37.9. The van der Waals surface area contributed by atoms with E-state index < -0.39 is 0 Å². The van der Waals surface area contributed by atoms with Gasteiger partial charge in [0.15, 0.2) is 11.2 Å². The van der Waals surface area contributed by atoms with Crippen molar-refractivity contribution in [3.05, 3.63) is 185 Å². The Morgan fingerprint density at radius 1 is 0.544 bits per heavy atom. The van der Waals surface area contributed by atoms with Crippen molar-refractivity contribution in [2.45, 2.75) is 70.1 Å². The summed E-state index contributed by atoms with van der Waals surface area (Å²) in [4.78, 5) is 0. The summed E-state index contributed by atoms with van der Waals surface area (Å²) in [5, 5.41) is 4.55. The van der Waals surface area contributed by atoms with E-state index >= 15 is 0 Å². The van der Waals surface area contributed by atoms with Crippen molar-refractivity contribution in [2.75, 3.05) is 0 Å². The molecule has 0 saturated heterocycles. The molecule has 57 heavy (non-hydrogen) atoms. The lowest BCUT2D eigenvalue weighted by molar-refractivity contribution is 0.248. The lowest BCUT2D eigenvalue weighted by Crippen LogP contribution is -2.26. The van der Waals surface area contributed by atoms with Gasteiger partial charge in [-0.05, 0) is 144 Å². The second-order valence-electron chi connectivity index (χ2n) is 16.9. The van der Waals surface area contributed by atoms with Crippen LogP contribution < -0.4 is 0 Å². The lowest BCUT2D eigenvalue weighted by atomic mass is 9.66. The second kappa shape index (κ2) is 14.3. The molecule has 4 atom stereocenters. The molecule has 11 rings (SSSR count). The van der Waals surface area contributed by atoms with Gasteiger partial charge in [0.05, 0.1) is 0 Å². The standard InChI is InChI=1S/C55H48O2/c1-35-46(44-21-10-17-39(32-44)37-14-6-3-7-15-37)22-11-23-47(35)45-25-29-53-51(34-45)49-27-26-48-50-33-43(24-28-52(50)56-54(48)55(49)57-53)42-20-9-19-41(31-42)40-18-8-16-38(30-40)36-12-4-2-5-13-36/h3-4,6-9,12-18,20,24-35,41,46-47H,2,5,10-11,19,21-23H2,1H3/t35-,41?,46?,47?/m1/s1. The molecule has 280 valence electrons. The number of hydrogen-bond donors (Lipinski definition) is 0. The molecule has 0 spiro atoms. The molecular weight excluding hydrogens is 693 g/mol. The fourth-order valence-corrected chi connectivity index (χ4v) is 10.6. The number of benzene rings is 5. The van der Waals surface area contributed by atoms with Crippen LogP contribution in [0.25, 0.3) is 60.6 Å². The van der Waals surface area contributed by atoms with Gasteiger partial charge in [-0.25, -0.2) is 0 Å². The van der Waals surface area contributed by atoms with E-state index in [9.17, 15) is 0 Å². The molecule has 1 saturated carbocycles. The highest BCUT2D eigenvalue weighted by Crippen LogP contribution is 2.48. The Labute approximate surface area is 335 Å². The molecule has 4 aliphatic carbocycles. The first kappa shape index (κ1) is 34.4. The number of fused-ring (bicyclic) bond motifs is 7. The highest BCUT2D eigenvalue weighted by atomic mass is 16.4. The van der Waals surface area contributed by atoms with Crippen LogP contribution >= 0.6 is 0 Å². The van der Waals surface area contributed by atoms with Crippen molar-refractivity contribution >= 4 is 60.6 Å². The molecule has 7 aromatic rings. The molecule has 2 aromatic heterocycles. The van der Waals surface area contributed by atoms with E-state index in [4.69, 9.17) is 8.83 Å². The quantitative estimate of drug-likeness (QED) is 0.170. The lowest BCUT2D eigenvalue weighted by Gasteiger charge is -2.38. The van der Waals surface area contributed by atoms with Crippen molar-refractivity contribution < 1.29 is 8.83 Å². The molecule has 0 amide bonds. The van der Waals surface area contributed by atoms with Gasteiger partial charge in [-0.15, -0.1) is 0 Å². The SMILES string of the molecule is C[C@@H]1C(C2=CC(c3ccccc3)=CCC2)CCCC1c1ccc2oc3c(ccc4c5cc(C6=CC(c7cccc(C8=CCCC=C8)c7)CC=C6)ccc5oc43)c2c1. The summed E-state index contributed by atoms with van der Waals surface area (Å²) in [5.41, 5.74) is 15.8. The zero-order valence-electron chi connectivity index (χ0n) is 32.7. The molecule has 1 fully saturated rings. The fraction of sp³-hybridized carbons (Fsp3) is 0.236. The molecule has 2 heteroatoms. The minimum atomic E-state index is 0.339. The van der Waals surface area contributed by atoms with Gasteiger partial charge in [0, 0.05) is 27.5 Å². The molecule has 0 N–H and O–H groups in total. The van der Waals surface area contributed by atoms with Gasteiger partial charge in [-0.3, -0.25) is 0 Å². The average molecular weight is 741 g/mol. The average Bonchev–Trinajstić information content (AvgIpc) is 3.85. The van der Waals surface area contributed by atoms with Gasteiger partial charge in [-0.2, -0.15) is 0 Å². The third kappa shape index (κ3) is 6.18. The van der Waals surface area contributed by atoms with Gasteiger partial charge in [-0.1, -0.05) is 134 Å². The molecular formula is C55H48O2. The van der Waals surface area contributed by atoms with Crippen molar-refractivity contribution in [3.63, 3.8) is 0 Å². The largest absolute Gasteiger partial charge is 0.452 e. The van der Waals surface area contributed by atoms with Crippen LogP contribution in [0.15, 0.2) is 166 Å². The van der Waals surface area contributed by atoms with Crippen LogP contribution in [0.5, 0.6) is 0 Å². The molecule has 4 aliphatic rings. The Bertz CT molecular complexity index is 2880. The Hall–Kier alpha value is -5.86. The van der Waals surface area contributed by atoms with Crippen LogP contribution in [0.2, 0.25) is 0 Å². The molecule has 5 aromatic carbocycles. The summed E-state index contributed by atoms with van der Waals surface area (Å²) in [6, 6.07) is 38.2. The number of allylic oxidation sites excluding steroid dienone is 12. The summed E-state index contributed by atoms with van der Waals surface area (Å²) in [6.07, 6.45) is 28.3. The van der Waals surface area contributed by atoms with E-state index in [1.165, 1.54) is 75.6 Å².